The van der Waals surface area contributed by atoms with Crippen LogP contribution in [0.25, 0.3) is 0 Å². The van der Waals surface area contributed by atoms with Crippen LogP contribution in [-0.2, 0) is 33.2 Å². The lowest BCUT2D eigenvalue weighted by Gasteiger charge is -2.48. The van der Waals surface area contributed by atoms with Crippen molar-refractivity contribution in [3.63, 3.8) is 0 Å². The summed E-state index contributed by atoms with van der Waals surface area (Å²) in [7, 11) is 0. The van der Waals surface area contributed by atoms with Crippen LogP contribution in [0.5, 0.6) is 0 Å². The zero-order valence-electron chi connectivity index (χ0n) is 57.6. The first-order valence-corrected chi connectivity index (χ1v) is 36.3. The third-order valence-electron chi connectivity index (χ3n) is 17.2. The summed E-state index contributed by atoms with van der Waals surface area (Å²) in [6.45, 7) is 1.56. The van der Waals surface area contributed by atoms with Crippen LogP contribution in [0.4, 0.5) is 0 Å². The van der Waals surface area contributed by atoms with Crippen LogP contribution < -0.4 is 5.32 Å². The van der Waals surface area contributed by atoms with Crippen LogP contribution in [0.1, 0.15) is 219 Å². The molecule has 3 heterocycles. The summed E-state index contributed by atoms with van der Waals surface area (Å²) in [6.07, 6.45) is 50.5. The Bertz CT molecular complexity index is 2190. The number of unbranched alkanes of at least 4 members (excludes halogenated alkanes) is 20. The Hall–Kier alpha value is -3.81. The molecule has 3 aliphatic rings. The SMILES string of the molecule is CC/C=C\C/C=C\C/C=C\C/C=C\C/C=C\C/C=C\C/C=C\C/C=C\CCCCCCCCCCCCCCC(=O)NC(COC1OC(CO)C(OC2OC(CO)C(OC3OC(CO)C(O)C(O)C3O)C(O)C2O)C(O)C1O)C(O)/C=C/CC/C=C/CCCCCCCCC. The Morgan fingerprint density at radius 1 is 0.389 bits per heavy atom. The molecule has 3 aliphatic heterocycles. The Morgan fingerprint density at radius 3 is 1.18 bits per heavy atom. The Morgan fingerprint density at radius 2 is 0.737 bits per heavy atom. The van der Waals surface area contributed by atoms with E-state index in [2.05, 4.69) is 129 Å². The second kappa shape index (κ2) is 56.0. The molecule has 0 aliphatic carbocycles. The second-order valence-electron chi connectivity index (χ2n) is 25.3. The smallest absolute Gasteiger partial charge is 0.220 e. The fraction of sp³-hybridized carbons (Fsp3) is 0.724. The summed E-state index contributed by atoms with van der Waals surface area (Å²) in [5.74, 6) is -0.294. The molecule has 19 nitrogen and oxygen atoms in total. The first kappa shape index (κ1) is 85.4. The van der Waals surface area contributed by atoms with Gasteiger partial charge in [-0.05, 0) is 96.3 Å². The van der Waals surface area contributed by atoms with E-state index in [1.54, 1.807) is 6.08 Å². The molecule has 0 aromatic rings. The number of hydrogen-bond acceptors (Lipinski definition) is 18. The third-order valence-corrected chi connectivity index (χ3v) is 17.2. The highest BCUT2D eigenvalue weighted by molar-refractivity contribution is 5.76. The molecule has 3 saturated heterocycles. The van der Waals surface area contributed by atoms with Gasteiger partial charge in [-0.25, -0.2) is 0 Å². The maximum Gasteiger partial charge on any atom is 0.220 e. The summed E-state index contributed by atoms with van der Waals surface area (Å²) >= 11 is 0. The van der Waals surface area contributed by atoms with Crippen LogP contribution in [0.3, 0.4) is 0 Å². The minimum absolute atomic E-state index is 0.226. The van der Waals surface area contributed by atoms with Crippen LogP contribution in [-0.4, -0.2) is 193 Å². The van der Waals surface area contributed by atoms with Crippen LogP contribution in [0.15, 0.2) is 122 Å². The highest BCUT2D eigenvalue weighted by Crippen LogP contribution is 2.33. The molecular weight excluding hydrogens is 1210 g/mol. The van der Waals surface area contributed by atoms with Gasteiger partial charge in [0.2, 0.25) is 5.91 Å². The van der Waals surface area contributed by atoms with Gasteiger partial charge in [0.25, 0.3) is 0 Å². The number of carbonyl (C=O) groups excluding carboxylic acids is 1. The average Bonchev–Trinajstić information content (AvgIpc) is 0.791. The van der Waals surface area contributed by atoms with Crippen molar-refractivity contribution < 1.29 is 89.4 Å². The van der Waals surface area contributed by atoms with Gasteiger partial charge in [0.15, 0.2) is 18.9 Å². The van der Waals surface area contributed by atoms with Crippen molar-refractivity contribution in [3.8, 4) is 0 Å². The summed E-state index contributed by atoms with van der Waals surface area (Å²) in [6, 6.07) is -0.998. The molecule has 95 heavy (non-hydrogen) atoms. The summed E-state index contributed by atoms with van der Waals surface area (Å²) in [5.41, 5.74) is 0. The number of rotatable bonds is 54. The third kappa shape index (κ3) is 37.3. The van der Waals surface area contributed by atoms with Crippen LogP contribution in [0, 0.1) is 0 Å². The number of nitrogens with one attached hydrogen (secondary N) is 1. The summed E-state index contributed by atoms with van der Waals surface area (Å²) in [4.78, 5) is 13.4. The van der Waals surface area contributed by atoms with Gasteiger partial charge in [0, 0.05) is 6.42 Å². The molecule has 0 spiro atoms. The topological polar surface area (TPSA) is 307 Å². The predicted octanol–water partition coefficient (Wildman–Crippen LogP) is 10.4. The maximum absolute atomic E-state index is 13.4. The average molecular weight is 1340 g/mol. The molecule has 17 atom stereocenters. The first-order chi connectivity index (χ1) is 46.3. The number of aliphatic hydroxyl groups excluding tert-OH is 11. The normalized spacial score (nSPS) is 27.9. The molecule has 0 bridgehead atoms. The summed E-state index contributed by atoms with van der Waals surface area (Å²) in [5, 5.41) is 120. The van der Waals surface area contributed by atoms with Crippen molar-refractivity contribution in [2.75, 3.05) is 26.4 Å². The standard InChI is InChI=1S/C76H127NO18/c1-3-5-7-9-11-13-15-17-18-19-20-21-22-23-24-25-26-27-28-29-30-31-32-33-34-35-36-37-38-39-40-42-44-46-48-50-52-54-64(82)77-59(60(81)53-51-49-47-45-43-41-16-14-12-10-8-6-4-2)58-90-74-70(88)67(85)72(62(56-79)92-74)95-76-71(89)68(86)73(63(57-80)93-76)94-75-69(87)66(84)65(83)61(55-78)91-75/h5,7,11,13,17-18,20-21,23-24,26-27,29-30,32-33,43,45,51,53,59-63,65-76,78-81,83-89H,3-4,6,8-10,12,14-16,19,22,25,28,31,34-42,44,46-50,52,54-58H2,1-2H3,(H,77,82)/b7-5-,13-11-,18-17-,21-20-,24-23-,27-26-,30-29-,33-32-,45-43+,53-51+. The van der Waals surface area contributed by atoms with E-state index in [-0.39, 0.29) is 18.9 Å². The zero-order valence-corrected chi connectivity index (χ0v) is 57.6. The van der Waals surface area contributed by atoms with Crippen LogP contribution in [0.2, 0.25) is 0 Å². The first-order valence-electron chi connectivity index (χ1n) is 36.3. The highest BCUT2D eigenvalue weighted by atomic mass is 16.8. The molecule has 3 fully saturated rings. The second-order valence-corrected chi connectivity index (χ2v) is 25.3. The van der Waals surface area contributed by atoms with Crippen molar-refractivity contribution in [1.82, 2.24) is 5.32 Å². The van der Waals surface area contributed by atoms with Crippen molar-refractivity contribution >= 4 is 5.91 Å². The Kier molecular flexibility index (Phi) is 50.3. The van der Waals surface area contributed by atoms with Crippen molar-refractivity contribution in [1.29, 1.82) is 0 Å². The highest BCUT2D eigenvalue weighted by Gasteiger charge is 2.53. The molecule has 12 N–H and O–H groups in total. The predicted molar refractivity (Wildman–Crippen MR) is 373 cm³/mol. The Balaban J connectivity index is 1.35. The van der Waals surface area contributed by atoms with Gasteiger partial charge in [-0.3, -0.25) is 4.79 Å². The van der Waals surface area contributed by atoms with E-state index in [1.165, 1.54) is 83.5 Å². The number of ether oxygens (including phenoxy) is 6. The van der Waals surface area contributed by atoms with E-state index in [1.807, 2.05) is 6.08 Å². The number of carbonyl (C=O) groups is 1. The molecule has 19 heteroatoms. The quantitative estimate of drug-likeness (QED) is 0.0199. The minimum Gasteiger partial charge on any atom is -0.394 e. The molecule has 0 aromatic carbocycles. The number of allylic oxidation sites excluding steroid dienone is 19. The molecule has 17 unspecified atom stereocenters. The molecular formula is C76H127NO18. The van der Waals surface area contributed by atoms with E-state index in [9.17, 15) is 61.0 Å². The van der Waals surface area contributed by atoms with Crippen molar-refractivity contribution in [2.45, 2.75) is 324 Å². The summed E-state index contributed by atoms with van der Waals surface area (Å²) < 4.78 is 34.3. The van der Waals surface area contributed by atoms with Gasteiger partial charge in [-0.1, -0.05) is 238 Å². The lowest BCUT2D eigenvalue weighted by atomic mass is 9.96. The fourth-order valence-electron chi connectivity index (χ4n) is 11.4. The van der Waals surface area contributed by atoms with Crippen LogP contribution >= 0.6 is 0 Å². The van der Waals surface area contributed by atoms with E-state index in [0.717, 1.165) is 103 Å². The van der Waals surface area contributed by atoms with E-state index >= 15 is 0 Å². The number of aliphatic hydroxyl groups is 11. The molecule has 0 aromatic heterocycles. The Labute approximate surface area is 569 Å². The minimum atomic E-state index is -1.99. The van der Waals surface area contributed by atoms with Gasteiger partial charge in [-0.15, -0.1) is 0 Å². The van der Waals surface area contributed by atoms with E-state index in [4.69, 9.17) is 28.4 Å². The lowest BCUT2D eigenvalue weighted by Crippen LogP contribution is -2.66. The molecule has 3 rings (SSSR count). The van der Waals surface area contributed by atoms with Gasteiger partial charge in [-0.2, -0.15) is 0 Å². The maximum atomic E-state index is 13.4. The molecule has 544 valence electrons. The lowest BCUT2D eigenvalue weighted by molar-refractivity contribution is -0.379. The van der Waals surface area contributed by atoms with Gasteiger partial charge >= 0.3 is 0 Å². The van der Waals surface area contributed by atoms with Gasteiger partial charge in [0.05, 0.1) is 38.6 Å². The number of amides is 1. The monoisotopic (exact) mass is 1340 g/mol. The largest absolute Gasteiger partial charge is 0.394 e. The van der Waals surface area contributed by atoms with Gasteiger partial charge < -0.3 is 89.9 Å². The van der Waals surface area contributed by atoms with E-state index < -0.39 is 124 Å². The van der Waals surface area contributed by atoms with Crippen molar-refractivity contribution in [2.24, 2.45) is 0 Å². The van der Waals surface area contributed by atoms with E-state index in [0.29, 0.717) is 12.8 Å². The fourth-order valence-corrected chi connectivity index (χ4v) is 11.4. The van der Waals surface area contributed by atoms with Crippen molar-refractivity contribution in [3.05, 3.63) is 122 Å². The molecule has 0 radical (unpaired) electrons. The zero-order chi connectivity index (χ0) is 68.9. The van der Waals surface area contributed by atoms with Gasteiger partial charge in [0.1, 0.15) is 73.2 Å². The number of hydrogen-bond donors (Lipinski definition) is 12. The molecule has 0 saturated carbocycles. The molecule has 1 amide bonds.